The third-order valence-corrected chi connectivity index (χ3v) is 5.14. The van der Waals surface area contributed by atoms with Crippen LogP contribution in [0.2, 0.25) is 0 Å². The second-order valence-electron chi connectivity index (χ2n) is 8.02. The molecular weight excluding hydrogens is 334 g/mol. The van der Waals surface area contributed by atoms with Crippen molar-refractivity contribution in [1.29, 1.82) is 0 Å². The first-order chi connectivity index (χ1) is 12.7. The van der Waals surface area contributed by atoms with Gasteiger partial charge in [0.05, 0.1) is 6.61 Å². The van der Waals surface area contributed by atoms with Crippen LogP contribution >= 0.6 is 0 Å². The van der Waals surface area contributed by atoms with Crippen molar-refractivity contribution in [3.63, 3.8) is 0 Å². The number of carbonyl (C=O) groups excluding carboxylic acids is 1. The summed E-state index contributed by atoms with van der Waals surface area (Å²) in [4.78, 5) is 12.9. The van der Waals surface area contributed by atoms with Gasteiger partial charge in [0, 0.05) is 11.1 Å². The highest BCUT2D eigenvalue weighted by Gasteiger charge is 2.28. The number of amides is 1. The highest BCUT2D eigenvalue weighted by molar-refractivity contribution is 5.96. The molecule has 0 aliphatic carbocycles. The van der Waals surface area contributed by atoms with Gasteiger partial charge in [-0.2, -0.15) is 0 Å². The fourth-order valence-electron chi connectivity index (χ4n) is 3.16. The number of rotatable bonds is 8. The van der Waals surface area contributed by atoms with Gasteiger partial charge in [-0.15, -0.1) is 0 Å². The molecule has 0 atom stereocenters. The molecule has 3 heteroatoms. The molecule has 0 aliphatic rings. The number of carbonyl (C=O) groups is 1. The molecule has 0 fully saturated rings. The summed E-state index contributed by atoms with van der Waals surface area (Å²) in [6.45, 7) is 12.9. The Morgan fingerprint density at radius 2 is 1.81 bits per heavy atom. The lowest BCUT2D eigenvalue weighted by atomic mass is 9.86. The van der Waals surface area contributed by atoms with E-state index >= 15 is 0 Å². The molecule has 0 aromatic heterocycles. The fourth-order valence-corrected chi connectivity index (χ4v) is 3.16. The summed E-state index contributed by atoms with van der Waals surface area (Å²) >= 11 is 0. The first-order valence-electron chi connectivity index (χ1n) is 9.84. The molecule has 0 heterocycles. The molecule has 0 aliphatic heterocycles. The summed E-state index contributed by atoms with van der Waals surface area (Å²) in [7, 11) is 0. The van der Waals surface area contributed by atoms with Crippen LogP contribution in [0.25, 0.3) is 0 Å². The highest BCUT2D eigenvalue weighted by atomic mass is 16.5. The molecule has 0 spiro atoms. The second kappa shape index (κ2) is 9.07. The fraction of sp³-hybridized carbons (Fsp3) is 0.458. The van der Waals surface area contributed by atoms with Crippen LogP contribution in [0.3, 0.4) is 0 Å². The van der Waals surface area contributed by atoms with Gasteiger partial charge >= 0.3 is 0 Å². The quantitative estimate of drug-likeness (QED) is 0.581. The number of para-hydroxylation sites is 1. The van der Waals surface area contributed by atoms with Gasteiger partial charge in [0.25, 0.3) is 0 Å². The third-order valence-electron chi connectivity index (χ3n) is 5.14. The molecule has 27 heavy (non-hydrogen) atoms. The Balaban J connectivity index is 1.92. The van der Waals surface area contributed by atoms with Crippen molar-refractivity contribution in [3.8, 4) is 5.75 Å². The van der Waals surface area contributed by atoms with Crippen LogP contribution in [0.1, 0.15) is 55.9 Å². The van der Waals surface area contributed by atoms with Crippen LogP contribution in [0.15, 0.2) is 36.4 Å². The molecule has 0 radical (unpaired) electrons. The Hall–Kier alpha value is -2.29. The molecule has 146 valence electrons. The molecule has 0 unspecified atom stereocenters. The van der Waals surface area contributed by atoms with E-state index in [1.165, 1.54) is 11.1 Å². The zero-order valence-electron chi connectivity index (χ0n) is 17.6. The van der Waals surface area contributed by atoms with Gasteiger partial charge in [-0.1, -0.05) is 51.1 Å². The zero-order valence-corrected chi connectivity index (χ0v) is 17.6. The Bertz CT molecular complexity index is 793. The summed E-state index contributed by atoms with van der Waals surface area (Å²) in [5, 5.41) is 3.17. The van der Waals surface area contributed by atoms with Crippen LogP contribution in [-0.4, -0.2) is 12.5 Å². The van der Waals surface area contributed by atoms with E-state index in [9.17, 15) is 4.79 Å². The minimum absolute atomic E-state index is 0.0678. The Labute approximate surface area is 164 Å². The van der Waals surface area contributed by atoms with Crippen molar-refractivity contribution in [2.75, 3.05) is 11.9 Å². The van der Waals surface area contributed by atoms with Gasteiger partial charge < -0.3 is 10.1 Å². The van der Waals surface area contributed by atoms with E-state index in [0.717, 1.165) is 41.8 Å². The second-order valence-corrected chi connectivity index (χ2v) is 8.02. The Kier molecular flexibility index (Phi) is 7.06. The van der Waals surface area contributed by atoms with Crippen LogP contribution in [-0.2, 0) is 11.2 Å². The average molecular weight is 368 g/mol. The molecule has 0 bridgehead atoms. The Morgan fingerprint density at radius 1 is 1.07 bits per heavy atom. The zero-order chi connectivity index (χ0) is 20.0. The van der Waals surface area contributed by atoms with Crippen molar-refractivity contribution in [2.24, 2.45) is 5.41 Å². The summed E-state index contributed by atoms with van der Waals surface area (Å²) in [5.74, 6) is 1.00. The molecule has 2 aromatic rings. The first-order valence-corrected chi connectivity index (χ1v) is 9.84. The minimum Gasteiger partial charge on any atom is -0.493 e. The molecule has 2 aromatic carbocycles. The van der Waals surface area contributed by atoms with Crippen LogP contribution in [0, 0.1) is 26.2 Å². The van der Waals surface area contributed by atoms with Crippen LogP contribution in [0.5, 0.6) is 5.75 Å². The van der Waals surface area contributed by atoms with Crippen molar-refractivity contribution >= 4 is 11.6 Å². The van der Waals surface area contributed by atoms with Gasteiger partial charge in [0.1, 0.15) is 5.75 Å². The van der Waals surface area contributed by atoms with Gasteiger partial charge in [0.2, 0.25) is 5.91 Å². The van der Waals surface area contributed by atoms with Crippen molar-refractivity contribution in [1.82, 2.24) is 0 Å². The molecule has 0 saturated carbocycles. The van der Waals surface area contributed by atoms with E-state index in [0.29, 0.717) is 6.61 Å². The van der Waals surface area contributed by atoms with Gasteiger partial charge in [0.15, 0.2) is 0 Å². The van der Waals surface area contributed by atoms with Crippen LogP contribution < -0.4 is 10.1 Å². The third kappa shape index (κ3) is 5.59. The van der Waals surface area contributed by atoms with E-state index in [-0.39, 0.29) is 5.91 Å². The molecule has 2 rings (SSSR count). The summed E-state index contributed by atoms with van der Waals surface area (Å²) in [5.41, 5.74) is 5.14. The minimum atomic E-state index is -0.446. The highest BCUT2D eigenvalue weighted by Crippen LogP contribution is 2.28. The number of hydrogen-bond donors (Lipinski definition) is 1. The van der Waals surface area contributed by atoms with Crippen molar-refractivity contribution in [2.45, 2.75) is 60.8 Å². The Morgan fingerprint density at radius 3 is 2.52 bits per heavy atom. The molecule has 1 N–H and O–H groups in total. The average Bonchev–Trinajstić information content (AvgIpc) is 2.63. The van der Waals surface area contributed by atoms with Crippen LogP contribution in [0.4, 0.5) is 5.69 Å². The first kappa shape index (κ1) is 21.0. The topological polar surface area (TPSA) is 38.3 Å². The number of aryl methyl sites for hydroxylation is 4. The lowest BCUT2D eigenvalue weighted by molar-refractivity contribution is -0.124. The maximum absolute atomic E-state index is 12.9. The predicted octanol–water partition coefficient (Wildman–Crippen LogP) is 6.00. The lowest BCUT2D eigenvalue weighted by Crippen LogP contribution is -2.31. The number of anilines is 1. The summed E-state index contributed by atoms with van der Waals surface area (Å²) in [6.07, 6.45) is 2.51. The van der Waals surface area contributed by atoms with Gasteiger partial charge in [-0.3, -0.25) is 4.79 Å². The van der Waals surface area contributed by atoms with E-state index in [1.807, 2.05) is 32.9 Å². The van der Waals surface area contributed by atoms with E-state index in [2.05, 4.69) is 50.4 Å². The number of benzene rings is 2. The largest absolute Gasteiger partial charge is 0.493 e. The lowest BCUT2D eigenvalue weighted by Gasteiger charge is -2.25. The summed E-state index contributed by atoms with van der Waals surface area (Å²) < 4.78 is 5.93. The maximum Gasteiger partial charge on any atom is 0.230 e. The van der Waals surface area contributed by atoms with Gasteiger partial charge in [-0.05, 0) is 68.4 Å². The smallest absolute Gasteiger partial charge is 0.230 e. The monoisotopic (exact) mass is 367 g/mol. The standard InChI is InChI=1S/C24H33NO2/c1-7-20-11-8-10-19(4)22(20)25-23(26)24(5,6)14-9-15-27-21-16-17(2)12-13-18(21)3/h8,10-13,16H,7,9,14-15H2,1-6H3,(H,25,26). The van der Waals surface area contributed by atoms with Crippen molar-refractivity contribution in [3.05, 3.63) is 58.7 Å². The number of nitrogens with one attached hydrogen (secondary N) is 1. The maximum atomic E-state index is 12.9. The van der Waals surface area contributed by atoms with Gasteiger partial charge in [-0.25, -0.2) is 0 Å². The van der Waals surface area contributed by atoms with E-state index in [1.54, 1.807) is 0 Å². The SMILES string of the molecule is CCc1cccc(C)c1NC(=O)C(C)(C)CCCOc1cc(C)ccc1C. The molecule has 1 amide bonds. The van der Waals surface area contributed by atoms with E-state index < -0.39 is 5.41 Å². The normalized spacial score (nSPS) is 11.3. The predicted molar refractivity (Wildman–Crippen MR) is 114 cm³/mol. The molecule has 0 saturated heterocycles. The molecule has 3 nitrogen and oxygen atoms in total. The molecular formula is C24H33NO2. The summed E-state index contributed by atoms with van der Waals surface area (Å²) in [6, 6.07) is 12.4. The number of hydrogen-bond acceptors (Lipinski definition) is 2. The number of ether oxygens (including phenoxy) is 1. The van der Waals surface area contributed by atoms with E-state index in [4.69, 9.17) is 4.74 Å². The van der Waals surface area contributed by atoms with Crippen molar-refractivity contribution < 1.29 is 9.53 Å².